The maximum Gasteiger partial charge on any atom is 0.291 e. The highest BCUT2D eigenvalue weighted by Gasteiger charge is 2.32. The van der Waals surface area contributed by atoms with Crippen molar-refractivity contribution in [1.29, 1.82) is 0 Å². The number of amides is 3. The lowest BCUT2D eigenvalue weighted by atomic mass is 10.0. The van der Waals surface area contributed by atoms with Crippen LogP contribution in [0.25, 0.3) is 0 Å². The monoisotopic (exact) mass is 555 g/mol. The lowest BCUT2D eigenvalue weighted by Gasteiger charge is -2.39. The average molecular weight is 556 g/mol. The Hall–Kier alpha value is -4.27. The number of anilines is 3. The molecule has 3 saturated heterocycles. The Morgan fingerprint density at radius 2 is 1.59 bits per heavy atom. The van der Waals surface area contributed by atoms with Gasteiger partial charge in [0.25, 0.3) is 11.8 Å². The standard InChI is InChI=1S/C32H37N5O4/c1-23-6-2-3-7-27(23)34-17-19-35(20-18-34)28-11-10-24(22-26(28)33-31(39)29-8-5-21-41-29)32(40)36-15-12-25(13-16-36)37-14-4-9-30(37)38/h2-3,5-8,10-11,21-22,25H,4,9,12-20H2,1H3,(H,33,39). The number of carbonyl (C=O) groups is 3. The van der Waals surface area contributed by atoms with Gasteiger partial charge >= 0.3 is 0 Å². The van der Waals surface area contributed by atoms with Gasteiger partial charge in [-0.05, 0) is 68.1 Å². The topological polar surface area (TPSA) is 89.3 Å². The van der Waals surface area contributed by atoms with Gasteiger partial charge in [0.15, 0.2) is 5.76 Å². The van der Waals surface area contributed by atoms with Gasteiger partial charge in [0.05, 0.1) is 17.6 Å². The third-order valence-corrected chi connectivity index (χ3v) is 8.62. The summed E-state index contributed by atoms with van der Waals surface area (Å²) in [5.74, 6) is 0.0498. The maximum absolute atomic E-state index is 13.6. The Morgan fingerprint density at radius 3 is 2.24 bits per heavy atom. The molecule has 3 aromatic rings. The smallest absolute Gasteiger partial charge is 0.291 e. The first kappa shape index (κ1) is 26.9. The fourth-order valence-corrected chi connectivity index (χ4v) is 6.36. The van der Waals surface area contributed by atoms with Crippen LogP contribution in [0.4, 0.5) is 17.1 Å². The Balaban J connectivity index is 1.18. The van der Waals surface area contributed by atoms with E-state index in [9.17, 15) is 14.4 Å². The average Bonchev–Trinajstić information content (AvgIpc) is 3.70. The molecule has 41 heavy (non-hydrogen) atoms. The largest absolute Gasteiger partial charge is 0.459 e. The van der Waals surface area contributed by atoms with E-state index in [4.69, 9.17) is 4.42 Å². The summed E-state index contributed by atoms with van der Waals surface area (Å²) in [7, 11) is 0. The molecule has 3 aliphatic heterocycles. The summed E-state index contributed by atoms with van der Waals surface area (Å²) >= 11 is 0. The van der Waals surface area contributed by atoms with E-state index in [2.05, 4.69) is 46.3 Å². The molecule has 0 bridgehead atoms. The molecule has 0 spiro atoms. The van der Waals surface area contributed by atoms with Crippen molar-refractivity contribution in [1.82, 2.24) is 9.80 Å². The lowest BCUT2D eigenvalue weighted by Crippen LogP contribution is -2.47. The van der Waals surface area contributed by atoms with Crippen molar-refractivity contribution in [2.45, 2.75) is 38.6 Å². The molecular formula is C32H37N5O4. The lowest BCUT2D eigenvalue weighted by molar-refractivity contribution is -0.130. The number of piperazine rings is 1. The number of para-hydroxylation sites is 1. The van der Waals surface area contributed by atoms with Crippen LogP contribution >= 0.6 is 0 Å². The van der Waals surface area contributed by atoms with Crippen LogP contribution in [0.15, 0.2) is 65.3 Å². The van der Waals surface area contributed by atoms with Gasteiger partial charge in [-0.25, -0.2) is 0 Å². The molecule has 0 unspecified atom stereocenters. The molecule has 0 radical (unpaired) electrons. The van der Waals surface area contributed by atoms with E-state index < -0.39 is 0 Å². The molecule has 214 valence electrons. The Labute approximate surface area is 240 Å². The van der Waals surface area contributed by atoms with Crippen LogP contribution in [0.3, 0.4) is 0 Å². The number of carbonyl (C=O) groups excluding carboxylic acids is 3. The zero-order valence-electron chi connectivity index (χ0n) is 23.6. The molecule has 1 N–H and O–H groups in total. The molecule has 9 nitrogen and oxygen atoms in total. The minimum Gasteiger partial charge on any atom is -0.459 e. The maximum atomic E-state index is 13.6. The van der Waals surface area contributed by atoms with Crippen LogP contribution in [-0.2, 0) is 4.79 Å². The van der Waals surface area contributed by atoms with Gasteiger partial charge in [0, 0.05) is 69.5 Å². The van der Waals surface area contributed by atoms with Gasteiger partial charge in [-0.15, -0.1) is 0 Å². The summed E-state index contributed by atoms with van der Waals surface area (Å²) < 4.78 is 5.32. The number of furan rings is 1. The molecule has 1 aromatic heterocycles. The summed E-state index contributed by atoms with van der Waals surface area (Å²) in [6, 6.07) is 17.6. The van der Waals surface area contributed by atoms with E-state index in [1.165, 1.54) is 17.5 Å². The molecule has 0 atom stereocenters. The zero-order valence-corrected chi connectivity index (χ0v) is 23.6. The first-order valence-corrected chi connectivity index (χ1v) is 14.6. The third-order valence-electron chi connectivity index (χ3n) is 8.62. The van der Waals surface area contributed by atoms with E-state index in [0.29, 0.717) is 30.8 Å². The van der Waals surface area contributed by atoms with Crippen LogP contribution in [-0.4, -0.2) is 79.4 Å². The highest BCUT2D eigenvalue weighted by Crippen LogP contribution is 2.31. The zero-order chi connectivity index (χ0) is 28.3. The number of nitrogens with zero attached hydrogens (tertiary/aromatic N) is 4. The van der Waals surface area contributed by atoms with Crippen molar-refractivity contribution >= 4 is 34.8 Å². The minimum atomic E-state index is -0.351. The van der Waals surface area contributed by atoms with Gasteiger partial charge in [-0.2, -0.15) is 0 Å². The highest BCUT2D eigenvalue weighted by atomic mass is 16.3. The molecule has 0 aliphatic carbocycles. The van der Waals surface area contributed by atoms with E-state index in [1.807, 2.05) is 21.9 Å². The third kappa shape index (κ3) is 5.66. The van der Waals surface area contributed by atoms with Gasteiger partial charge in [-0.3, -0.25) is 14.4 Å². The van der Waals surface area contributed by atoms with Crippen LogP contribution in [0, 0.1) is 6.92 Å². The molecule has 0 saturated carbocycles. The van der Waals surface area contributed by atoms with Crippen molar-refractivity contribution in [3.8, 4) is 0 Å². The van der Waals surface area contributed by atoms with E-state index in [0.717, 1.165) is 57.7 Å². The second-order valence-corrected chi connectivity index (χ2v) is 11.1. The fraction of sp³-hybridized carbons (Fsp3) is 0.406. The van der Waals surface area contributed by atoms with Gasteiger partial charge in [0.2, 0.25) is 5.91 Å². The van der Waals surface area contributed by atoms with Gasteiger partial charge in [0.1, 0.15) is 0 Å². The molecule has 4 heterocycles. The Kier molecular flexibility index (Phi) is 7.67. The number of likely N-dealkylation sites (tertiary alicyclic amines) is 2. The highest BCUT2D eigenvalue weighted by molar-refractivity contribution is 6.05. The number of benzene rings is 2. The number of piperidine rings is 1. The second kappa shape index (κ2) is 11.7. The summed E-state index contributed by atoms with van der Waals surface area (Å²) in [5, 5.41) is 3.01. The summed E-state index contributed by atoms with van der Waals surface area (Å²) in [6.07, 6.45) is 4.63. The first-order valence-electron chi connectivity index (χ1n) is 14.6. The SMILES string of the molecule is Cc1ccccc1N1CCN(c2ccc(C(=O)N3CCC(N4CCCC4=O)CC3)cc2NC(=O)c2ccco2)CC1. The van der Waals surface area contributed by atoms with Crippen molar-refractivity contribution in [2.24, 2.45) is 0 Å². The quantitative estimate of drug-likeness (QED) is 0.485. The summed E-state index contributed by atoms with van der Waals surface area (Å²) in [5.41, 5.74) is 4.53. The van der Waals surface area contributed by atoms with E-state index in [-0.39, 0.29) is 29.5 Å². The van der Waals surface area contributed by atoms with Crippen molar-refractivity contribution in [3.05, 3.63) is 77.7 Å². The molecule has 2 aromatic carbocycles. The molecule has 3 amide bonds. The molecule has 9 heteroatoms. The van der Waals surface area contributed by atoms with Crippen LogP contribution < -0.4 is 15.1 Å². The number of hydrogen-bond donors (Lipinski definition) is 1. The van der Waals surface area contributed by atoms with Crippen LogP contribution in [0.2, 0.25) is 0 Å². The molecule has 3 fully saturated rings. The molecular weight excluding hydrogens is 518 g/mol. The normalized spacial score (nSPS) is 18.2. The summed E-state index contributed by atoms with van der Waals surface area (Å²) in [4.78, 5) is 47.3. The van der Waals surface area contributed by atoms with Crippen LogP contribution in [0.5, 0.6) is 0 Å². The number of aryl methyl sites for hydroxylation is 1. The van der Waals surface area contributed by atoms with Crippen molar-refractivity contribution in [3.63, 3.8) is 0 Å². The van der Waals surface area contributed by atoms with Crippen molar-refractivity contribution < 1.29 is 18.8 Å². The number of nitrogens with one attached hydrogen (secondary N) is 1. The first-order chi connectivity index (χ1) is 20.0. The van der Waals surface area contributed by atoms with Crippen molar-refractivity contribution in [2.75, 3.05) is 60.9 Å². The van der Waals surface area contributed by atoms with E-state index >= 15 is 0 Å². The second-order valence-electron chi connectivity index (χ2n) is 11.1. The van der Waals surface area contributed by atoms with E-state index in [1.54, 1.807) is 18.2 Å². The van der Waals surface area contributed by atoms with Crippen LogP contribution in [0.1, 0.15) is 52.2 Å². The Morgan fingerprint density at radius 1 is 0.854 bits per heavy atom. The van der Waals surface area contributed by atoms with Gasteiger partial charge < -0.3 is 29.3 Å². The minimum absolute atomic E-state index is 0.0550. The predicted octanol–water partition coefficient (Wildman–Crippen LogP) is 4.39. The molecule has 6 rings (SSSR count). The predicted molar refractivity (Wildman–Crippen MR) is 159 cm³/mol. The number of rotatable bonds is 6. The number of hydrogen-bond acceptors (Lipinski definition) is 6. The fourth-order valence-electron chi connectivity index (χ4n) is 6.36. The Bertz CT molecular complexity index is 1410. The van der Waals surface area contributed by atoms with Gasteiger partial charge in [-0.1, -0.05) is 18.2 Å². The molecule has 3 aliphatic rings. The summed E-state index contributed by atoms with van der Waals surface area (Å²) in [6.45, 7) is 7.47.